The van der Waals surface area contributed by atoms with Gasteiger partial charge in [0.15, 0.2) is 5.13 Å². The van der Waals surface area contributed by atoms with Crippen molar-refractivity contribution in [2.24, 2.45) is 0 Å². The summed E-state index contributed by atoms with van der Waals surface area (Å²) in [6.07, 6.45) is 1.61. The highest BCUT2D eigenvalue weighted by Gasteiger charge is 2.16. The average molecular weight is 711 g/mol. The van der Waals surface area contributed by atoms with Crippen LogP contribution in [0, 0.1) is 6.92 Å². The summed E-state index contributed by atoms with van der Waals surface area (Å²) in [5, 5.41) is 9.11. The van der Waals surface area contributed by atoms with E-state index in [1.807, 2.05) is 104 Å². The lowest BCUT2D eigenvalue weighted by Crippen LogP contribution is -2.30. The van der Waals surface area contributed by atoms with Crippen molar-refractivity contribution in [1.82, 2.24) is 10.3 Å². The fourth-order valence-electron chi connectivity index (χ4n) is 4.99. The number of thiazole rings is 1. The first-order chi connectivity index (χ1) is 24.9. The first-order valence-corrected chi connectivity index (χ1v) is 17.9. The van der Waals surface area contributed by atoms with E-state index in [1.165, 1.54) is 23.1 Å². The largest absolute Gasteiger partial charge is 0.489 e. The summed E-state index contributed by atoms with van der Waals surface area (Å²) in [7, 11) is 0. The fraction of sp³-hybridized carbons (Fsp3) is 0.0732. The number of carbonyl (C=O) groups is 3. The van der Waals surface area contributed by atoms with Crippen molar-refractivity contribution in [3.8, 4) is 17.0 Å². The quantitative estimate of drug-likeness (QED) is 0.0817. The molecule has 51 heavy (non-hydrogen) atoms. The average Bonchev–Trinajstić information content (AvgIpc) is 3.53. The molecule has 3 amide bonds. The van der Waals surface area contributed by atoms with Gasteiger partial charge in [-0.2, -0.15) is 0 Å². The van der Waals surface area contributed by atoms with Crippen LogP contribution in [-0.4, -0.2) is 28.5 Å². The van der Waals surface area contributed by atoms with E-state index < -0.39 is 11.8 Å². The molecular weight excluding hydrogens is 677 g/mol. The normalized spacial score (nSPS) is 11.0. The standard InChI is InChI=1S/C41H34N4O4S2/c1-28-38(31-14-7-3-8-15-31)45-41(51-28)44-37(46)27-50-35-19-11-18-33(25-35)42-40(48)36(43-39(47)32-16-9-4-10-17-32)24-29-20-22-34(23-21-29)49-26-30-12-5-2-6-13-30/h2-25H,26-27H2,1H3,(H,42,48)(H,43,47)(H,44,45,46)/b36-24-. The predicted molar refractivity (Wildman–Crippen MR) is 206 cm³/mol. The Bertz CT molecular complexity index is 2140. The number of hydrogen-bond donors (Lipinski definition) is 3. The van der Waals surface area contributed by atoms with Gasteiger partial charge in [0.1, 0.15) is 18.1 Å². The first kappa shape index (κ1) is 34.9. The molecule has 1 heterocycles. The van der Waals surface area contributed by atoms with Crippen molar-refractivity contribution in [3.63, 3.8) is 0 Å². The second-order valence-corrected chi connectivity index (χ2v) is 13.6. The van der Waals surface area contributed by atoms with E-state index in [4.69, 9.17) is 4.74 Å². The molecule has 0 saturated carbocycles. The van der Waals surface area contributed by atoms with E-state index in [2.05, 4.69) is 20.9 Å². The highest BCUT2D eigenvalue weighted by Crippen LogP contribution is 2.30. The van der Waals surface area contributed by atoms with Crippen LogP contribution in [0.4, 0.5) is 10.8 Å². The van der Waals surface area contributed by atoms with Gasteiger partial charge in [-0.05, 0) is 66.6 Å². The third-order valence-corrected chi connectivity index (χ3v) is 9.40. The molecule has 0 spiro atoms. The Hall–Kier alpha value is -5.97. The van der Waals surface area contributed by atoms with Gasteiger partial charge in [-0.3, -0.25) is 14.4 Å². The minimum absolute atomic E-state index is 0.0628. The zero-order chi connectivity index (χ0) is 35.4. The highest BCUT2D eigenvalue weighted by molar-refractivity contribution is 8.00. The SMILES string of the molecule is Cc1sc(NC(=O)CSc2cccc(NC(=O)/C(=C/c3ccc(OCc4ccccc4)cc3)NC(=O)c3ccccc3)c2)nc1-c1ccccc1. The summed E-state index contributed by atoms with van der Waals surface area (Å²) in [5.41, 5.74) is 4.60. The van der Waals surface area contributed by atoms with E-state index in [0.29, 0.717) is 34.3 Å². The Kier molecular flexibility index (Phi) is 11.7. The smallest absolute Gasteiger partial charge is 0.272 e. The van der Waals surface area contributed by atoms with Gasteiger partial charge in [-0.1, -0.05) is 97.1 Å². The van der Waals surface area contributed by atoms with E-state index in [9.17, 15) is 14.4 Å². The first-order valence-electron chi connectivity index (χ1n) is 16.1. The van der Waals surface area contributed by atoms with Gasteiger partial charge in [0.05, 0.1) is 11.4 Å². The van der Waals surface area contributed by atoms with Crippen LogP contribution in [0.2, 0.25) is 0 Å². The van der Waals surface area contributed by atoms with Crippen molar-refractivity contribution < 1.29 is 19.1 Å². The third kappa shape index (κ3) is 10.0. The zero-order valence-electron chi connectivity index (χ0n) is 27.7. The van der Waals surface area contributed by atoms with Crippen molar-refractivity contribution in [1.29, 1.82) is 0 Å². The number of rotatable bonds is 13. The Balaban J connectivity index is 1.10. The number of amides is 3. The zero-order valence-corrected chi connectivity index (χ0v) is 29.3. The lowest BCUT2D eigenvalue weighted by molar-refractivity contribution is -0.114. The van der Waals surface area contributed by atoms with Crippen molar-refractivity contribution in [3.05, 3.63) is 167 Å². The lowest BCUT2D eigenvalue weighted by atomic mass is 10.1. The minimum Gasteiger partial charge on any atom is -0.489 e. The molecule has 0 fully saturated rings. The molecule has 0 saturated heterocycles. The molecule has 1 aromatic heterocycles. The summed E-state index contributed by atoms with van der Waals surface area (Å²) in [6, 6.07) is 42.9. The molecular formula is C41H34N4O4S2. The van der Waals surface area contributed by atoms with Gasteiger partial charge in [0.2, 0.25) is 5.91 Å². The van der Waals surface area contributed by atoms with Crippen molar-refractivity contribution in [2.75, 3.05) is 16.4 Å². The summed E-state index contributed by atoms with van der Waals surface area (Å²) < 4.78 is 5.90. The second kappa shape index (κ2) is 17.1. The molecule has 0 bridgehead atoms. The molecule has 0 aliphatic rings. The van der Waals surface area contributed by atoms with Crippen LogP contribution < -0.4 is 20.7 Å². The molecule has 0 atom stereocenters. The number of hydrogen-bond acceptors (Lipinski definition) is 7. The summed E-state index contributed by atoms with van der Waals surface area (Å²) in [5.74, 6) is -0.274. The Morgan fingerprint density at radius 2 is 1.47 bits per heavy atom. The van der Waals surface area contributed by atoms with Crippen LogP contribution >= 0.6 is 23.1 Å². The molecule has 10 heteroatoms. The van der Waals surface area contributed by atoms with Gasteiger partial charge in [-0.15, -0.1) is 23.1 Å². The van der Waals surface area contributed by atoms with Gasteiger partial charge >= 0.3 is 0 Å². The predicted octanol–water partition coefficient (Wildman–Crippen LogP) is 8.84. The Labute approximate surface area is 304 Å². The topological polar surface area (TPSA) is 109 Å². The van der Waals surface area contributed by atoms with Gasteiger partial charge < -0.3 is 20.7 Å². The number of aryl methyl sites for hydroxylation is 1. The van der Waals surface area contributed by atoms with Gasteiger partial charge in [-0.25, -0.2) is 4.98 Å². The van der Waals surface area contributed by atoms with Crippen LogP contribution in [0.25, 0.3) is 17.3 Å². The molecule has 3 N–H and O–H groups in total. The number of thioether (sulfide) groups is 1. The number of nitrogens with one attached hydrogen (secondary N) is 3. The second-order valence-electron chi connectivity index (χ2n) is 11.3. The highest BCUT2D eigenvalue weighted by atomic mass is 32.2. The maximum Gasteiger partial charge on any atom is 0.272 e. The number of benzene rings is 5. The van der Waals surface area contributed by atoms with E-state index in [0.717, 1.165) is 26.6 Å². The Morgan fingerprint density at radius 3 is 2.20 bits per heavy atom. The summed E-state index contributed by atoms with van der Waals surface area (Å²) in [4.78, 5) is 46.0. The van der Waals surface area contributed by atoms with Crippen LogP contribution in [-0.2, 0) is 16.2 Å². The van der Waals surface area contributed by atoms with Crippen LogP contribution in [0.1, 0.15) is 26.4 Å². The number of ether oxygens (including phenoxy) is 1. The molecule has 254 valence electrons. The molecule has 0 aliphatic heterocycles. The molecule has 0 unspecified atom stereocenters. The maximum atomic E-state index is 13.6. The van der Waals surface area contributed by atoms with Crippen molar-refractivity contribution >= 4 is 57.7 Å². The minimum atomic E-state index is -0.503. The third-order valence-electron chi connectivity index (χ3n) is 7.52. The molecule has 5 aromatic carbocycles. The molecule has 0 aliphatic carbocycles. The summed E-state index contributed by atoms with van der Waals surface area (Å²) >= 11 is 2.77. The van der Waals surface area contributed by atoms with E-state index in [1.54, 1.807) is 48.5 Å². The maximum absolute atomic E-state index is 13.6. The molecule has 6 aromatic rings. The lowest BCUT2D eigenvalue weighted by Gasteiger charge is -2.12. The van der Waals surface area contributed by atoms with Gasteiger partial charge in [0, 0.05) is 26.6 Å². The van der Waals surface area contributed by atoms with E-state index in [-0.39, 0.29) is 17.4 Å². The van der Waals surface area contributed by atoms with E-state index >= 15 is 0 Å². The fourth-order valence-corrected chi connectivity index (χ4v) is 6.60. The number of anilines is 2. The number of aromatic nitrogens is 1. The molecule has 6 rings (SSSR count). The number of carbonyl (C=O) groups excluding carboxylic acids is 3. The molecule has 8 nitrogen and oxygen atoms in total. The van der Waals surface area contributed by atoms with Gasteiger partial charge in [0.25, 0.3) is 11.8 Å². The number of nitrogens with zero attached hydrogens (tertiary/aromatic N) is 1. The van der Waals surface area contributed by atoms with Crippen LogP contribution in [0.5, 0.6) is 5.75 Å². The monoisotopic (exact) mass is 710 g/mol. The van der Waals surface area contributed by atoms with Crippen LogP contribution in [0.15, 0.2) is 150 Å². The van der Waals surface area contributed by atoms with Crippen LogP contribution in [0.3, 0.4) is 0 Å². The van der Waals surface area contributed by atoms with Crippen molar-refractivity contribution in [2.45, 2.75) is 18.4 Å². The molecule has 0 radical (unpaired) electrons. The summed E-state index contributed by atoms with van der Waals surface area (Å²) in [6.45, 7) is 2.41. The Morgan fingerprint density at radius 1 is 0.784 bits per heavy atom.